The van der Waals surface area contributed by atoms with E-state index in [4.69, 9.17) is 11.6 Å². The first-order valence-electron chi connectivity index (χ1n) is 4.85. The Bertz CT molecular complexity index is 216. The first kappa shape index (κ1) is 11.1. The molecule has 2 heteroatoms. The Kier molecular flexibility index (Phi) is 4.82. The van der Waals surface area contributed by atoms with Gasteiger partial charge in [-0.1, -0.05) is 13.8 Å². The highest BCUT2D eigenvalue weighted by atomic mass is 35.5. The maximum atomic E-state index is 6.16. The van der Waals surface area contributed by atoms with Gasteiger partial charge in [0.2, 0.25) is 0 Å². The second-order valence-electron chi connectivity index (χ2n) is 3.78. The fourth-order valence-electron chi connectivity index (χ4n) is 1.27. The van der Waals surface area contributed by atoms with Gasteiger partial charge in [0.25, 0.3) is 0 Å². The average molecular weight is 217 g/mol. The van der Waals surface area contributed by atoms with Crippen molar-refractivity contribution in [2.75, 3.05) is 0 Å². The molecule has 0 N–H and O–H groups in total. The molecular weight excluding hydrogens is 200 g/mol. The highest BCUT2D eigenvalue weighted by molar-refractivity contribution is 7.07. The van der Waals surface area contributed by atoms with Crippen LogP contribution in [0.5, 0.6) is 0 Å². The van der Waals surface area contributed by atoms with Crippen LogP contribution in [0.1, 0.15) is 32.3 Å². The summed E-state index contributed by atoms with van der Waals surface area (Å²) in [7, 11) is 0. The molecule has 0 nitrogen and oxygen atoms in total. The second-order valence-corrected chi connectivity index (χ2v) is 5.12. The highest BCUT2D eigenvalue weighted by Gasteiger charge is 2.08. The predicted molar refractivity (Wildman–Crippen MR) is 61.7 cm³/mol. The number of halogens is 1. The SMILES string of the molecule is CC(C)C(Cl)CCCc1ccsc1. The number of aryl methyl sites for hydroxylation is 1. The number of hydrogen-bond acceptors (Lipinski definition) is 1. The lowest BCUT2D eigenvalue weighted by Gasteiger charge is -2.12. The summed E-state index contributed by atoms with van der Waals surface area (Å²) in [6.45, 7) is 4.37. The Labute approximate surface area is 89.9 Å². The van der Waals surface area contributed by atoms with Crippen LogP contribution in [0.25, 0.3) is 0 Å². The molecule has 1 aromatic rings. The first-order chi connectivity index (χ1) is 6.20. The minimum absolute atomic E-state index is 0.346. The molecule has 74 valence electrons. The Hall–Kier alpha value is -0.0100. The van der Waals surface area contributed by atoms with Crippen molar-refractivity contribution in [3.63, 3.8) is 0 Å². The van der Waals surface area contributed by atoms with Gasteiger partial charge in [-0.3, -0.25) is 0 Å². The van der Waals surface area contributed by atoms with Gasteiger partial charge in [0.15, 0.2) is 0 Å². The van der Waals surface area contributed by atoms with Gasteiger partial charge in [-0.05, 0) is 47.6 Å². The molecular formula is C11H17ClS. The van der Waals surface area contributed by atoms with Gasteiger partial charge in [0, 0.05) is 5.38 Å². The van der Waals surface area contributed by atoms with Crippen molar-refractivity contribution in [3.05, 3.63) is 22.4 Å². The van der Waals surface area contributed by atoms with Gasteiger partial charge >= 0.3 is 0 Å². The lowest BCUT2D eigenvalue weighted by Crippen LogP contribution is -2.07. The average Bonchev–Trinajstić information content (AvgIpc) is 2.56. The Balaban J connectivity index is 2.14. The van der Waals surface area contributed by atoms with Crippen molar-refractivity contribution in [2.45, 2.75) is 38.5 Å². The van der Waals surface area contributed by atoms with Crippen LogP contribution in [0.3, 0.4) is 0 Å². The third-order valence-corrected chi connectivity index (χ3v) is 3.70. The molecule has 0 aliphatic carbocycles. The quantitative estimate of drug-likeness (QED) is 0.643. The smallest absolute Gasteiger partial charge is 0.0359 e. The van der Waals surface area contributed by atoms with Crippen LogP contribution in [0.15, 0.2) is 16.8 Å². The molecule has 13 heavy (non-hydrogen) atoms. The van der Waals surface area contributed by atoms with E-state index in [1.807, 2.05) is 0 Å². The monoisotopic (exact) mass is 216 g/mol. The molecule has 0 saturated carbocycles. The summed E-state index contributed by atoms with van der Waals surface area (Å²) in [6.07, 6.45) is 3.53. The zero-order valence-electron chi connectivity index (χ0n) is 8.29. The summed E-state index contributed by atoms with van der Waals surface area (Å²) in [5.41, 5.74) is 1.46. The van der Waals surface area contributed by atoms with E-state index in [0.29, 0.717) is 11.3 Å². The standard InChI is InChI=1S/C11H17ClS/c1-9(2)11(12)5-3-4-10-6-7-13-8-10/h6-9,11H,3-5H2,1-2H3. The van der Waals surface area contributed by atoms with E-state index in [1.54, 1.807) is 11.3 Å². The molecule has 1 heterocycles. The minimum atomic E-state index is 0.346. The molecule has 1 atom stereocenters. The molecule has 0 bridgehead atoms. The Morgan fingerprint density at radius 3 is 2.77 bits per heavy atom. The zero-order valence-corrected chi connectivity index (χ0v) is 9.87. The summed E-state index contributed by atoms with van der Waals surface area (Å²) in [5, 5.41) is 4.70. The van der Waals surface area contributed by atoms with E-state index < -0.39 is 0 Å². The first-order valence-corrected chi connectivity index (χ1v) is 6.23. The van der Waals surface area contributed by atoms with Crippen molar-refractivity contribution in [1.82, 2.24) is 0 Å². The molecule has 1 aromatic heterocycles. The highest BCUT2D eigenvalue weighted by Crippen LogP contribution is 2.17. The van der Waals surface area contributed by atoms with Crippen molar-refractivity contribution in [1.29, 1.82) is 0 Å². The summed E-state index contributed by atoms with van der Waals surface area (Å²) in [6, 6.07) is 2.20. The van der Waals surface area contributed by atoms with Crippen LogP contribution in [0.4, 0.5) is 0 Å². The largest absolute Gasteiger partial charge is 0.152 e. The lowest BCUT2D eigenvalue weighted by molar-refractivity contribution is 0.547. The zero-order chi connectivity index (χ0) is 9.68. The third-order valence-electron chi connectivity index (χ3n) is 2.25. The number of thiophene rings is 1. The maximum Gasteiger partial charge on any atom is 0.0359 e. The summed E-state index contributed by atoms with van der Waals surface area (Å²) in [5.74, 6) is 0.601. The number of rotatable bonds is 5. The van der Waals surface area contributed by atoms with Crippen molar-refractivity contribution >= 4 is 22.9 Å². The van der Waals surface area contributed by atoms with Crippen LogP contribution >= 0.6 is 22.9 Å². The molecule has 0 saturated heterocycles. The summed E-state index contributed by atoms with van der Waals surface area (Å²) in [4.78, 5) is 0. The van der Waals surface area contributed by atoms with E-state index in [1.165, 1.54) is 18.4 Å². The van der Waals surface area contributed by atoms with Crippen molar-refractivity contribution in [3.8, 4) is 0 Å². The van der Waals surface area contributed by atoms with Crippen molar-refractivity contribution < 1.29 is 0 Å². The molecule has 0 amide bonds. The molecule has 1 unspecified atom stereocenters. The van der Waals surface area contributed by atoms with Crippen molar-refractivity contribution in [2.24, 2.45) is 5.92 Å². The fraction of sp³-hybridized carbons (Fsp3) is 0.636. The lowest BCUT2D eigenvalue weighted by atomic mass is 10.0. The van der Waals surface area contributed by atoms with Crippen LogP contribution in [-0.4, -0.2) is 5.38 Å². The molecule has 0 fully saturated rings. The van der Waals surface area contributed by atoms with E-state index >= 15 is 0 Å². The second kappa shape index (κ2) is 5.66. The van der Waals surface area contributed by atoms with E-state index in [2.05, 4.69) is 30.7 Å². The predicted octanol–water partition coefficient (Wildman–Crippen LogP) is 4.33. The van der Waals surface area contributed by atoms with Crippen LogP contribution in [0.2, 0.25) is 0 Å². The molecule has 1 rings (SSSR count). The molecule has 0 aliphatic rings. The topological polar surface area (TPSA) is 0 Å². The normalized spacial score (nSPS) is 13.5. The van der Waals surface area contributed by atoms with Crippen LogP contribution in [0, 0.1) is 5.92 Å². The minimum Gasteiger partial charge on any atom is -0.152 e. The molecule has 0 radical (unpaired) electrons. The summed E-state index contributed by atoms with van der Waals surface area (Å²) < 4.78 is 0. The summed E-state index contributed by atoms with van der Waals surface area (Å²) >= 11 is 7.93. The Morgan fingerprint density at radius 2 is 2.23 bits per heavy atom. The maximum absolute atomic E-state index is 6.16. The number of alkyl halides is 1. The van der Waals surface area contributed by atoms with Gasteiger partial charge in [-0.2, -0.15) is 11.3 Å². The Morgan fingerprint density at radius 1 is 1.46 bits per heavy atom. The fourth-order valence-corrected chi connectivity index (χ4v) is 2.13. The van der Waals surface area contributed by atoms with Crippen LogP contribution in [-0.2, 0) is 6.42 Å². The van der Waals surface area contributed by atoms with Gasteiger partial charge in [-0.25, -0.2) is 0 Å². The van der Waals surface area contributed by atoms with E-state index in [9.17, 15) is 0 Å². The van der Waals surface area contributed by atoms with E-state index in [0.717, 1.165) is 6.42 Å². The van der Waals surface area contributed by atoms with E-state index in [-0.39, 0.29) is 0 Å². The third kappa shape index (κ3) is 4.15. The molecule has 0 aliphatic heterocycles. The van der Waals surface area contributed by atoms with Gasteiger partial charge in [0.05, 0.1) is 0 Å². The number of hydrogen-bond donors (Lipinski definition) is 0. The van der Waals surface area contributed by atoms with Crippen LogP contribution < -0.4 is 0 Å². The van der Waals surface area contributed by atoms with Gasteiger partial charge in [-0.15, -0.1) is 11.6 Å². The van der Waals surface area contributed by atoms with Gasteiger partial charge in [0.1, 0.15) is 0 Å². The van der Waals surface area contributed by atoms with Gasteiger partial charge < -0.3 is 0 Å². The molecule has 0 aromatic carbocycles. The molecule has 0 spiro atoms.